The molecule has 0 spiro atoms. The van der Waals surface area contributed by atoms with Gasteiger partial charge in [-0.1, -0.05) is 46.3 Å². The lowest BCUT2D eigenvalue weighted by molar-refractivity contribution is 0.0110. The van der Waals surface area contributed by atoms with Gasteiger partial charge in [0, 0.05) is 23.1 Å². The molecule has 1 N–H and O–H groups in total. The van der Waals surface area contributed by atoms with Crippen molar-refractivity contribution in [3.63, 3.8) is 0 Å². The first-order valence-corrected chi connectivity index (χ1v) is 8.68. The first kappa shape index (κ1) is 18.0. The molecule has 0 aromatic heterocycles. The van der Waals surface area contributed by atoms with Crippen LogP contribution in [-0.4, -0.2) is 25.0 Å². The normalized spacial score (nSPS) is 13.6. The van der Waals surface area contributed by atoms with Crippen molar-refractivity contribution in [1.29, 1.82) is 0 Å². The van der Waals surface area contributed by atoms with Crippen molar-refractivity contribution < 1.29 is 9.84 Å². The van der Waals surface area contributed by atoms with Crippen molar-refractivity contribution in [3.05, 3.63) is 64.6 Å². The third kappa shape index (κ3) is 5.34. The van der Waals surface area contributed by atoms with E-state index in [9.17, 15) is 5.11 Å². The van der Waals surface area contributed by atoms with Crippen molar-refractivity contribution in [2.45, 2.75) is 25.9 Å². The minimum atomic E-state index is -0.865. The van der Waals surface area contributed by atoms with Crippen LogP contribution in [0.15, 0.2) is 59.1 Å². The maximum absolute atomic E-state index is 10.6. The van der Waals surface area contributed by atoms with E-state index in [1.165, 1.54) is 0 Å². The highest BCUT2D eigenvalue weighted by Crippen LogP contribution is 2.24. The lowest BCUT2D eigenvalue weighted by Crippen LogP contribution is -2.28. The standard InChI is InChI=1S/C19H24BrNO2/c1-3-21(18-11-9-17(20)10-12-18)15-23-14-13-19(2,22)16-7-5-4-6-8-16/h4-12,22H,3,13-15H2,1-2H3. The zero-order valence-corrected chi connectivity index (χ0v) is 15.3. The van der Waals surface area contributed by atoms with Gasteiger partial charge in [0.2, 0.25) is 0 Å². The molecule has 0 saturated heterocycles. The van der Waals surface area contributed by atoms with Crippen LogP contribution in [0.1, 0.15) is 25.8 Å². The van der Waals surface area contributed by atoms with Crippen LogP contribution in [0, 0.1) is 0 Å². The van der Waals surface area contributed by atoms with E-state index in [-0.39, 0.29) is 0 Å². The lowest BCUT2D eigenvalue weighted by Gasteiger charge is -2.26. The fourth-order valence-corrected chi connectivity index (χ4v) is 2.65. The van der Waals surface area contributed by atoms with Gasteiger partial charge < -0.3 is 14.7 Å². The summed E-state index contributed by atoms with van der Waals surface area (Å²) in [6.07, 6.45) is 0.564. The van der Waals surface area contributed by atoms with Crippen molar-refractivity contribution in [2.75, 3.05) is 24.8 Å². The van der Waals surface area contributed by atoms with Gasteiger partial charge in [-0.25, -0.2) is 0 Å². The second-order valence-electron chi connectivity index (χ2n) is 5.76. The van der Waals surface area contributed by atoms with Crippen LogP contribution >= 0.6 is 15.9 Å². The van der Waals surface area contributed by atoms with Crippen LogP contribution in [0.5, 0.6) is 0 Å². The molecule has 2 rings (SSSR count). The van der Waals surface area contributed by atoms with Crippen LogP contribution in [0.4, 0.5) is 5.69 Å². The molecular formula is C19H24BrNO2. The predicted octanol–water partition coefficient (Wildman–Crippen LogP) is 4.55. The van der Waals surface area contributed by atoms with Crippen LogP contribution < -0.4 is 4.90 Å². The zero-order valence-electron chi connectivity index (χ0n) is 13.7. The third-order valence-electron chi connectivity index (χ3n) is 3.95. The van der Waals surface area contributed by atoms with E-state index in [1.807, 2.05) is 49.4 Å². The SMILES string of the molecule is CCN(COCCC(C)(O)c1ccccc1)c1ccc(Br)cc1. The monoisotopic (exact) mass is 377 g/mol. The van der Waals surface area contributed by atoms with Crippen LogP contribution in [0.2, 0.25) is 0 Å². The molecule has 2 aromatic carbocycles. The number of hydrogen-bond donors (Lipinski definition) is 1. The Morgan fingerprint density at radius 1 is 1.09 bits per heavy atom. The highest BCUT2D eigenvalue weighted by molar-refractivity contribution is 9.10. The summed E-state index contributed by atoms with van der Waals surface area (Å²) in [7, 11) is 0. The molecule has 124 valence electrons. The van der Waals surface area contributed by atoms with E-state index < -0.39 is 5.60 Å². The predicted molar refractivity (Wildman–Crippen MR) is 98.6 cm³/mol. The van der Waals surface area contributed by atoms with E-state index in [2.05, 4.69) is 39.9 Å². The van der Waals surface area contributed by atoms with Gasteiger partial charge in [-0.2, -0.15) is 0 Å². The molecule has 0 aliphatic carbocycles. The summed E-state index contributed by atoms with van der Waals surface area (Å²) in [5.74, 6) is 0. The average Bonchev–Trinajstić information content (AvgIpc) is 2.57. The first-order valence-electron chi connectivity index (χ1n) is 7.89. The average molecular weight is 378 g/mol. The number of hydrogen-bond acceptors (Lipinski definition) is 3. The summed E-state index contributed by atoms with van der Waals surface area (Å²) in [5, 5.41) is 10.6. The molecule has 1 unspecified atom stereocenters. The summed E-state index contributed by atoms with van der Waals surface area (Å²) in [6, 6.07) is 17.9. The van der Waals surface area contributed by atoms with Crippen molar-refractivity contribution in [3.8, 4) is 0 Å². The Labute approximate surface area is 147 Å². The van der Waals surface area contributed by atoms with Gasteiger partial charge in [0.25, 0.3) is 0 Å². The Kier molecular flexibility index (Phi) is 6.63. The molecule has 1 atom stereocenters. The Hall–Kier alpha value is -1.36. The number of ether oxygens (including phenoxy) is 1. The molecular weight excluding hydrogens is 354 g/mol. The zero-order chi connectivity index (χ0) is 16.7. The molecule has 0 amide bonds. The van der Waals surface area contributed by atoms with Crippen molar-refractivity contribution >= 4 is 21.6 Å². The summed E-state index contributed by atoms with van der Waals surface area (Å²) < 4.78 is 6.85. The summed E-state index contributed by atoms with van der Waals surface area (Å²) >= 11 is 3.45. The van der Waals surface area contributed by atoms with Crippen molar-refractivity contribution in [2.24, 2.45) is 0 Å². The number of anilines is 1. The van der Waals surface area contributed by atoms with Gasteiger partial charge in [0.1, 0.15) is 6.73 Å². The second kappa shape index (κ2) is 8.48. The van der Waals surface area contributed by atoms with E-state index in [0.29, 0.717) is 19.8 Å². The van der Waals surface area contributed by atoms with E-state index in [4.69, 9.17) is 4.74 Å². The molecule has 3 nitrogen and oxygen atoms in total. The number of benzene rings is 2. The Morgan fingerprint density at radius 3 is 2.35 bits per heavy atom. The first-order chi connectivity index (χ1) is 11.0. The molecule has 2 aromatic rings. The molecule has 0 fully saturated rings. The third-order valence-corrected chi connectivity index (χ3v) is 4.48. The molecule has 0 heterocycles. The van der Waals surface area contributed by atoms with Gasteiger partial charge >= 0.3 is 0 Å². The highest BCUT2D eigenvalue weighted by atomic mass is 79.9. The lowest BCUT2D eigenvalue weighted by atomic mass is 9.93. The quantitative estimate of drug-likeness (QED) is 0.541. The highest BCUT2D eigenvalue weighted by Gasteiger charge is 2.22. The summed E-state index contributed by atoms with van der Waals surface area (Å²) in [6.45, 7) is 5.83. The minimum absolute atomic E-state index is 0.509. The van der Waals surface area contributed by atoms with Crippen LogP contribution in [0.25, 0.3) is 0 Å². The topological polar surface area (TPSA) is 32.7 Å². The molecule has 0 radical (unpaired) electrons. The van der Waals surface area contributed by atoms with Gasteiger partial charge in [0.05, 0.1) is 12.2 Å². The molecule has 0 bridgehead atoms. The number of aliphatic hydroxyl groups is 1. The maximum Gasteiger partial charge on any atom is 0.118 e. The van der Waals surface area contributed by atoms with Gasteiger partial charge in [-0.3, -0.25) is 0 Å². The van der Waals surface area contributed by atoms with E-state index in [0.717, 1.165) is 22.3 Å². The Bertz CT molecular complexity index is 584. The smallest absolute Gasteiger partial charge is 0.118 e. The van der Waals surface area contributed by atoms with Gasteiger partial charge in [0.15, 0.2) is 0 Å². The molecule has 0 aliphatic heterocycles. The van der Waals surface area contributed by atoms with Gasteiger partial charge in [-0.05, 0) is 43.7 Å². The molecule has 0 aliphatic rings. The molecule has 4 heteroatoms. The van der Waals surface area contributed by atoms with Crippen molar-refractivity contribution in [1.82, 2.24) is 0 Å². The summed E-state index contributed by atoms with van der Waals surface area (Å²) in [4.78, 5) is 2.16. The van der Waals surface area contributed by atoms with E-state index >= 15 is 0 Å². The number of rotatable bonds is 8. The number of nitrogens with zero attached hydrogens (tertiary/aromatic N) is 1. The Morgan fingerprint density at radius 2 is 1.74 bits per heavy atom. The minimum Gasteiger partial charge on any atom is -0.385 e. The molecule has 0 saturated carbocycles. The fraction of sp³-hybridized carbons (Fsp3) is 0.368. The van der Waals surface area contributed by atoms with Crippen LogP contribution in [0.3, 0.4) is 0 Å². The number of halogens is 1. The maximum atomic E-state index is 10.6. The van der Waals surface area contributed by atoms with E-state index in [1.54, 1.807) is 0 Å². The largest absolute Gasteiger partial charge is 0.385 e. The second-order valence-corrected chi connectivity index (χ2v) is 6.68. The fourth-order valence-electron chi connectivity index (χ4n) is 2.39. The summed E-state index contributed by atoms with van der Waals surface area (Å²) in [5.41, 5.74) is 1.19. The van der Waals surface area contributed by atoms with Gasteiger partial charge in [-0.15, -0.1) is 0 Å². The Balaban J connectivity index is 1.83. The van der Waals surface area contributed by atoms with Crippen LogP contribution in [-0.2, 0) is 10.3 Å². The molecule has 23 heavy (non-hydrogen) atoms.